The molecule has 2 rings (SSSR count). The summed E-state index contributed by atoms with van der Waals surface area (Å²) in [6.07, 6.45) is 3.24. The minimum Gasteiger partial charge on any atom is -0.342 e. The van der Waals surface area contributed by atoms with E-state index in [9.17, 15) is 4.79 Å². The molecule has 3 nitrogen and oxygen atoms in total. The van der Waals surface area contributed by atoms with E-state index in [2.05, 4.69) is 45.5 Å². The molecule has 1 aliphatic heterocycles. The number of amides is 1. The van der Waals surface area contributed by atoms with Crippen LogP contribution in [-0.4, -0.2) is 37.0 Å². The van der Waals surface area contributed by atoms with E-state index in [0.29, 0.717) is 12.0 Å². The quantitative estimate of drug-likeness (QED) is 0.915. The van der Waals surface area contributed by atoms with Crippen molar-refractivity contribution >= 4 is 21.8 Å². The number of hydrogen-bond acceptors (Lipinski definition) is 2. The van der Waals surface area contributed by atoms with E-state index in [1.54, 1.807) is 6.92 Å². The van der Waals surface area contributed by atoms with Gasteiger partial charge in [0, 0.05) is 24.5 Å². The summed E-state index contributed by atoms with van der Waals surface area (Å²) in [6, 6.07) is 8.74. The minimum absolute atomic E-state index is 0.158. The highest BCUT2D eigenvalue weighted by Crippen LogP contribution is 2.24. The Kier molecular flexibility index (Phi) is 5.61. The first-order chi connectivity index (χ1) is 9.58. The zero-order valence-electron chi connectivity index (χ0n) is 12.2. The van der Waals surface area contributed by atoms with Crippen LogP contribution in [0.15, 0.2) is 28.7 Å². The number of benzene rings is 1. The highest BCUT2D eigenvalue weighted by atomic mass is 79.9. The second-order valence-electron chi connectivity index (χ2n) is 5.62. The molecule has 4 heteroatoms. The van der Waals surface area contributed by atoms with Crippen LogP contribution < -0.4 is 5.32 Å². The molecule has 1 amide bonds. The van der Waals surface area contributed by atoms with Gasteiger partial charge in [0.05, 0.1) is 0 Å². The molecule has 20 heavy (non-hydrogen) atoms. The average molecular weight is 339 g/mol. The molecule has 1 aromatic rings. The van der Waals surface area contributed by atoms with Gasteiger partial charge in [-0.2, -0.15) is 0 Å². The van der Waals surface area contributed by atoms with E-state index in [1.807, 2.05) is 11.9 Å². The molecule has 1 aromatic carbocycles. The van der Waals surface area contributed by atoms with Crippen LogP contribution >= 0.6 is 15.9 Å². The van der Waals surface area contributed by atoms with E-state index in [4.69, 9.17) is 0 Å². The van der Waals surface area contributed by atoms with Gasteiger partial charge in [0.2, 0.25) is 5.91 Å². The fraction of sp³-hybridized carbons (Fsp3) is 0.562. The summed E-state index contributed by atoms with van der Waals surface area (Å²) >= 11 is 3.47. The lowest BCUT2D eigenvalue weighted by molar-refractivity contribution is -0.130. The van der Waals surface area contributed by atoms with Crippen LogP contribution in [-0.2, 0) is 11.2 Å². The van der Waals surface area contributed by atoms with Crippen molar-refractivity contribution in [1.29, 1.82) is 0 Å². The maximum Gasteiger partial charge on any atom is 0.219 e. The Hall–Kier alpha value is -0.870. The summed E-state index contributed by atoms with van der Waals surface area (Å²) in [5.74, 6) is 0.749. The Labute approximate surface area is 129 Å². The number of likely N-dealkylation sites (N-methyl/N-ethyl adjacent to an activating group) is 1. The molecule has 1 saturated heterocycles. The van der Waals surface area contributed by atoms with Crippen LogP contribution in [0.3, 0.4) is 0 Å². The first-order valence-corrected chi connectivity index (χ1v) is 8.06. The highest BCUT2D eigenvalue weighted by Gasteiger charge is 2.28. The van der Waals surface area contributed by atoms with Gasteiger partial charge in [0.1, 0.15) is 0 Å². The molecule has 0 radical (unpaired) electrons. The number of rotatable bonds is 4. The zero-order chi connectivity index (χ0) is 14.5. The number of piperidine rings is 1. The van der Waals surface area contributed by atoms with Gasteiger partial charge in [0.15, 0.2) is 0 Å². The maximum absolute atomic E-state index is 11.8. The fourth-order valence-corrected chi connectivity index (χ4v) is 3.21. The second-order valence-corrected chi connectivity index (χ2v) is 6.53. The van der Waals surface area contributed by atoms with Gasteiger partial charge in [-0.1, -0.05) is 28.1 Å². The van der Waals surface area contributed by atoms with Crippen LogP contribution in [0.25, 0.3) is 0 Å². The minimum atomic E-state index is 0.158. The Balaban J connectivity index is 2.12. The van der Waals surface area contributed by atoms with Gasteiger partial charge in [-0.15, -0.1) is 0 Å². The van der Waals surface area contributed by atoms with Crippen molar-refractivity contribution < 1.29 is 4.79 Å². The lowest BCUT2D eigenvalue weighted by atomic mass is 9.85. The van der Waals surface area contributed by atoms with Crippen LogP contribution in [0.4, 0.5) is 0 Å². The fourth-order valence-electron chi connectivity index (χ4n) is 2.94. The van der Waals surface area contributed by atoms with Crippen LogP contribution in [0.2, 0.25) is 0 Å². The number of carbonyl (C=O) groups excluding carboxylic acids is 1. The Morgan fingerprint density at radius 1 is 1.35 bits per heavy atom. The van der Waals surface area contributed by atoms with Crippen molar-refractivity contribution in [1.82, 2.24) is 10.2 Å². The summed E-state index contributed by atoms with van der Waals surface area (Å²) in [5.41, 5.74) is 1.30. The topological polar surface area (TPSA) is 32.3 Å². The van der Waals surface area contributed by atoms with Gasteiger partial charge in [-0.25, -0.2) is 0 Å². The molecule has 1 N–H and O–H groups in total. The molecule has 1 aliphatic rings. The van der Waals surface area contributed by atoms with Crippen LogP contribution in [0.5, 0.6) is 0 Å². The van der Waals surface area contributed by atoms with Crippen molar-refractivity contribution in [2.24, 2.45) is 5.92 Å². The zero-order valence-corrected chi connectivity index (χ0v) is 13.8. The maximum atomic E-state index is 11.8. The monoisotopic (exact) mass is 338 g/mol. The average Bonchev–Trinajstić information content (AvgIpc) is 2.47. The SMILES string of the molecule is CC(=O)N(C)C(Cc1ccc(Br)cc1)C1CCNCC1. The summed E-state index contributed by atoms with van der Waals surface area (Å²) in [7, 11) is 1.94. The van der Waals surface area contributed by atoms with Gasteiger partial charge in [-0.05, 0) is 56.0 Å². The lowest BCUT2D eigenvalue weighted by Gasteiger charge is -2.36. The van der Waals surface area contributed by atoms with E-state index < -0.39 is 0 Å². The van der Waals surface area contributed by atoms with E-state index in [-0.39, 0.29) is 5.91 Å². The Morgan fingerprint density at radius 3 is 2.50 bits per heavy atom. The third kappa shape index (κ3) is 4.06. The number of halogens is 1. The number of carbonyl (C=O) groups is 1. The van der Waals surface area contributed by atoms with E-state index in [1.165, 1.54) is 5.56 Å². The molecule has 0 aliphatic carbocycles. The van der Waals surface area contributed by atoms with Crippen molar-refractivity contribution in [3.63, 3.8) is 0 Å². The van der Waals surface area contributed by atoms with Gasteiger partial charge < -0.3 is 10.2 Å². The smallest absolute Gasteiger partial charge is 0.219 e. The molecule has 110 valence electrons. The summed E-state index contributed by atoms with van der Waals surface area (Å²) in [5, 5.41) is 3.40. The predicted molar refractivity (Wildman–Crippen MR) is 85.7 cm³/mol. The van der Waals surface area contributed by atoms with E-state index in [0.717, 1.165) is 36.8 Å². The Bertz CT molecular complexity index is 440. The van der Waals surface area contributed by atoms with Gasteiger partial charge in [0.25, 0.3) is 0 Å². The normalized spacial score (nSPS) is 17.8. The number of nitrogens with one attached hydrogen (secondary N) is 1. The lowest BCUT2D eigenvalue weighted by Crippen LogP contribution is -2.45. The third-order valence-corrected chi connectivity index (χ3v) is 4.81. The van der Waals surface area contributed by atoms with Crippen molar-refractivity contribution in [2.45, 2.75) is 32.2 Å². The van der Waals surface area contributed by atoms with Crippen LogP contribution in [0, 0.1) is 5.92 Å². The van der Waals surface area contributed by atoms with Crippen molar-refractivity contribution in [2.75, 3.05) is 20.1 Å². The molecular weight excluding hydrogens is 316 g/mol. The molecule has 1 heterocycles. The largest absolute Gasteiger partial charge is 0.342 e. The third-order valence-electron chi connectivity index (χ3n) is 4.28. The predicted octanol–water partition coefficient (Wildman–Crippen LogP) is 2.84. The number of nitrogens with zero attached hydrogens (tertiary/aromatic N) is 1. The highest BCUT2D eigenvalue weighted by molar-refractivity contribution is 9.10. The standard InChI is InChI=1S/C16H23BrN2O/c1-12(20)19(2)16(14-7-9-18-10-8-14)11-13-3-5-15(17)6-4-13/h3-6,14,16,18H,7-11H2,1-2H3. The van der Waals surface area contributed by atoms with Gasteiger partial charge in [-0.3, -0.25) is 4.79 Å². The van der Waals surface area contributed by atoms with Gasteiger partial charge >= 0.3 is 0 Å². The molecule has 1 atom stereocenters. The Morgan fingerprint density at radius 2 is 1.95 bits per heavy atom. The van der Waals surface area contributed by atoms with Crippen molar-refractivity contribution in [3.8, 4) is 0 Å². The number of hydrogen-bond donors (Lipinski definition) is 1. The molecular formula is C16H23BrN2O. The van der Waals surface area contributed by atoms with E-state index >= 15 is 0 Å². The molecule has 1 fully saturated rings. The molecule has 0 aromatic heterocycles. The summed E-state index contributed by atoms with van der Waals surface area (Å²) in [6.45, 7) is 3.79. The molecule has 0 bridgehead atoms. The second kappa shape index (κ2) is 7.23. The first kappa shape index (κ1) is 15.5. The first-order valence-electron chi connectivity index (χ1n) is 7.26. The molecule has 1 unspecified atom stereocenters. The van der Waals surface area contributed by atoms with Crippen LogP contribution in [0.1, 0.15) is 25.3 Å². The van der Waals surface area contributed by atoms with Crippen molar-refractivity contribution in [3.05, 3.63) is 34.3 Å². The summed E-state index contributed by atoms with van der Waals surface area (Å²) in [4.78, 5) is 13.7. The molecule has 0 spiro atoms. The summed E-state index contributed by atoms with van der Waals surface area (Å²) < 4.78 is 1.10. The molecule has 0 saturated carbocycles.